The van der Waals surface area contributed by atoms with Crippen molar-refractivity contribution in [1.82, 2.24) is 0 Å². The third-order valence-corrected chi connectivity index (χ3v) is 2.09. The van der Waals surface area contributed by atoms with Gasteiger partial charge in [0, 0.05) is 12.7 Å². The van der Waals surface area contributed by atoms with Gasteiger partial charge in [0.2, 0.25) is 0 Å². The quantitative estimate of drug-likeness (QED) is 0.741. The van der Waals surface area contributed by atoms with Gasteiger partial charge in [-0.3, -0.25) is 4.90 Å². The van der Waals surface area contributed by atoms with Crippen LogP contribution in [0.3, 0.4) is 0 Å². The highest BCUT2D eigenvalue weighted by molar-refractivity contribution is 5.89. The fourth-order valence-corrected chi connectivity index (χ4v) is 1.18. The van der Waals surface area contributed by atoms with Gasteiger partial charge in [-0.05, 0) is 30.7 Å². The molecule has 0 bridgehead atoms. The van der Waals surface area contributed by atoms with Gasteiger partial charge in [-0.2, -0.15) is 0 Å². The number of carbonyl (C=O) groups excluding carboxylic acids is 1. The molecule has 0 fully saturated rings. The number of carbonyl (C=O) groups is 1. The maximum atomic E-state index is 10.8. The summed E-state index contributed by atoms with van der Waals surface area (Å²) in [6.45, 7) is 0.630. The SMILES string of the molecule is CN(C(N)=O)c1ccc(CCN)cc1. The van der Waals surface area contributed by atoms with Crippen LogP contribution in [0.2, 0.25) is 0 Å². The van der Waals surface area contributed by atoms with Crippen molar-refractivity contribution in [1.29, 1.82) is 0 Å². The van der Waals surface area contributed by atoms with Gasteiger partial charge in [0.1, 0.15) is 0 Å². The predicted octanol–water partition coefficient (Wildman–Crippen LogP) is 0.703. The first-order valence-corrected chi connectivity index (χ1v) is 4.47. The largest absolute Gasteiger partial charge is 0.351 e. The van der Waals surface area contributed by atoms with E-state index in [1.807, 2.05) is 24.3 Å². The van der Waals surface area contributed by atoms with E-state index in [0.717, 1.165) is 17.7 Å². The second-order valence-electron chi connectivity index (χ2n) is 3.10. The van der Waals surface area contributed by atoms with Crippen LogP contribution < -0.4 is 16.4 Å². The topological polar surface area (TPSA) is 72.3 Å². The first kappa shape index (κ1) is 10.5. The van der Waals surface area contributed by atoms with Gasteiger partial charge in [-0.1, -0.05) is 12.1 Å². The molecule has 0 saturated heterocycles. The summed E-state index contributed by atoms with van der Waals surface area (Å²) >= 11 is 0. The maximum Gasteiger partial charge on any atom is 0.318 e. The van der Waals surface area contributed by atoms with Crippen LogP contribution in [0.5, 0.6) is 0 Å². The van der Waals surface area contributed by atoms with Crippen LogP contribution in [-0.2, 0) is 6.42 Å². The monoisotopic (exact) mass is 193 g/mol. The second kappa shape index (κ2) is 4.62. The Labute approximate surface area is 83.5 Å². The van der Waals surface area contributed by atoms with Crippen molar-refractivity contribution in [3.05, 3.63) is 29.8 Å². The summed E-state index contributed by atoms with van der Waals surface area (Å²) < 4.78 is 0. The van der Waals surface area contributed by atoms with Crippen molar-refractivity contribution in [2.75, 3.05) is 18.5 Å². The summed E-state index contributed by atoms with van der Waals surface area (Å²) in [5, 5.41) is 0. The molecule has 1 rings (SSSR count). The summed E-state index contributed by atoms with van der Waals surface area (Å²) in [6.07, 6.45) is 0.848. The van der Waals surface area contributed by atoms with Crippen molar-refractivity contribution in [3.8, 4) is 0 Å². The lowest BCUT2D eigenvalue weighted by Gasteiger charge is -2.14. The van der Waals surface area contributed by atoms with Crippen molar-refractivity contribution >= 4 is 11.7 Å². The van der Waals surface area contributed by atoms with Crippen molar-refractivity contribution < 1.29 is 4.79 Å². The molecule has 0 unspecified atom stereocenters. The Morgan fingerprint density at radius 3 is 2.36 bits per heavy atom. The van der Waals surface area contributed by atoms with Gasteiger partial charge in [0.15, 0.2) is 0 Å². The third-order valence-electron chi connectivity index (χ3n) is 2.09. The molecule has 0 aliphatic heterocycles. The Hall–Kier alpha value is -1.55. The highest BCUT2D eigenvalue weighted by atomic mass is 16.2. The molecule has 14 heavy (non-hydrogen) atoms. The van der Waals surface area contributed by atoms with Crippen LogP contribution in [0.25, 0.3) is 0 Å². The lowest BCUT2D eigenvalue weighted by molar-refractivity contribution is 0.255. The normalized spacial score (nSPS) is 9.86. The van der Waals surface area contributed by atoms with Gasteiger partial charge in [0.25, 0.3) is 0 Å². The van der Waals surface area contributed by atoms with Crippen molar-refractivity contribution in [3.63, 3.8) is 0 Å². The zero-order valence-electron chi connectivity index (χ0n) is 8.23. The van der Waals surface area contributed by atoms with Crippen LogP contribution in [-0.4, -0.2) is 19.6 Å². The van der Waals surface area contributed by atoms with Crippen molar-refractivity contribution in [2.24, 2.45) is 11.5 Å². The second-order valence-corrected chi connectivity index (χ2v) is 3.10. The summed E-state index contributed by atoms with van der Waals surface area (Å²) in [4.78, 5) is 12.2. The molecule has 1 aromatic carbocycles. The summed E-state index contributed by atoms with van der Waals surface area (Å²) in [5.74, 6) is 0. The average molecular weight is 193 g/mol. The molecule has 4 N–H and O–H groups in total. The van der Waals surface area contributed by atoms with Crippen LogP contribution >= 0.6 is 0 Å². The first-order chi connectivity index (χ1) is 6.65. The number of amides is 2. The molecule has 0 radical (unpaired) electrons. The number of hydrogen-bond donors (Lipinski definition) is 2. The van der Waals surface area contributed by atoms with E-state index in [0.29, 0.717) is 6.54 Å². The van der Waals surface area contributed by atoms with E-state index in [-0.39, 0.29) is 0 Å². The van der Waals surface area contributed by atoms with Crippen molar-refractivity contribution in [2.45, 2.75) is 6.42 Å². The molecule has 76 valence electrons. The molecule has 0 saturated carbocycles. The highest BCUT2D eigenvalue weighted by Crippen LogP contribution is 2.13. The molecular weight excluding hydrogens is 178 g/mol. The standard InChI is InChI=1S/C10H15N3O/c1-13(10(12)14)9-4-2-8(3-5-9)6-7-11/h2-5H,6-7,11H2,1H3,(H2,12,14). The fraction of sp³-hybridized carbons (Fsp3) is 0.300. The van der Waals surface area contributed by atoms with E-state index in [1.54, 1.807) is 7.05 Å². The number of rotatable bonds is 3. The zero-order valence-corrected chi connectivity index (χ0v) is 8.23. The molecule has 4 nitrogen and oxygen atoms in total. The third kappa shape index (κ3) is 2.47. The van der Waals surface area contributed by atoms with E-state index in [9.17, 15) is 4.79 Å². The number of hydrogen-bond acceptors (Lipinski definition) is 2. The lowest BCUT2D eigenvalue weighted by Crippen LogP contribution is -2.31. The van der Waals surface area contributed by atoms with Gasteiger partial charge in [0.05, 0.1) is 0 Å². The maximum absolute atomic E-state index is 10.8. The van der Waals surface area contributed by atoms with E-state index >= 15 is 0 Å². The number of primary amides is 1. The summed E-state index contributed by atoms with van der Waals surface area (Å²) in [7, 11) is 1.64. The Balaban J connectivity index is 2.77. The van der Waals surface area contributed by atoms with Gasteiger partial charge < -0.3 is 11.5 Å². The fourth-order valence-electron chi connectivity index (χ4n) is 1.18. The predicted molar refractivity (Wildman–Crippen MR) is 57.2 cm³/mol. The molecule has 4 heteroatoms. The number of benzene rings is 1. The number of nitrogens with two attached hydrogens (primary N) is 2. The molecular formula is C10H15N3O. The van der Waals surface area contributed by atoms with E-state index in [1.165, 1.54) is 4.90 Å². The first-order valence-electron chi connectivity index (χ1n) is 4.47. The van der Waals surface area contributed by atoms with E-state index < -0.39 is 6.03 Å². The number of anilines is 1. The minimum atomic E-state index is -0.462. The molecule has 0 atom stereocenters. The van der Waals surface area contributed by atoms with Gasteiger partial charge in [-0.15, -0.1) is 0 Å². The molecule has 0 aliphatic carbocycles. The van der Waals surface area contributed by atoms with Gasteiger partial charge in [-0.25, -0.2) is 4.79 Å². The molecule has 0 aromatic heterocycles. The molecule has 2 amide bonds. The number of urea groups is 1. The summed E-state index contributed by atoms with van der Waals surface area (Å²) in [6, 6.07) is 7.14. The Kier molecular flexibility index (Phi) is 3.48. The zero-order chi connectivity index (χ0) is 10.6. The van der Waals surface area contributed by atoms with Crippen LogP contribution in [0.1, 0.15) is 5.56 Å². The highest BCUT2D eigenvalue weighted by Gasteiger charge is 2.04. The smallest absolute Gasteiger partial charge is 0.318 e. The van der Waals surface area contributed by atoms with E-state index in [4.69, 9.17) is 11.5 Å². The Bertz CT molecular complexity index is 308. The molecule has 0 aliphatic rings. The Morgan fingerprint density at radius 1 is 1.36 bits per heavy atom. The lowest BCUT2D eigenvalue weighted by atomic mass is 10.1. The van der Waals surface area contributed by atoms with Crippen LogP contribution in [0.15, 0.2) is 24.3 Å². The molecule has 0 heterocycles. The molecule has 0 spiro atoms. The van der Waals surface area contributed by atoms with Crippen LogP contribution in [0.4, 0.5) is 10.5 Å². The summed E-state index contributed by atoms with van der Waals surface area (Å²) in [5.41, 5.74) is 12.5. The minimum absolute atomic E-state index is 0.462. The Morgan fingerprint density at radius 2 is 1.93 bits per heavy atom. The average Bonchev–Trinajstić information content (AvgIpc) is 2.18. The van der Waals surface area contributed by atoms with Crippen LogP contribution in [0, 0.1) is 0 Å². The molecule has 1 aromatic rings. The van der Waals surface area contributed by atoms with Gasteiger partial charge >= 0.3 is 6.03 Å². The number of nitrogens with zero attached hydrogens (tertiary/aromatic N) is 1. The van der Waals surface area contributed by atoms with E-state index in [2.05, 4.69) is 0 Å². The minimum Gasteiger partial charge on any atom is -0.351 e.